The molecule has 2 rings (SSSR count). The maximum Gasteiger partial charge on any atom is 0.195 e. The van der Waals surface area contributed by atoms with Crippen molar-refractivity contribution in [1.82, 2.24) is 5.01 Å². The minimum atomic E-state index is 0.564. The van der Waals surface area contributed by atoms with E-state index in [4.69, 9.17) is 4.74 Å². The van der Waals surface area contributed by atoms with Gasteiger partial charge in [0.15, 0.2) is 13.1 Å². The molecule has 0 fully saturated rings. The average Bonchev–Trinajstić information content (AvgIpc) is 2.59. The van der Waals surface area contributed by atoms with Gasteiger partial charge in [-0.3, -0.25) is 5.01 Å². The fourth-order valence-electron chi connectivity index (χ4n) is 1.13. The number of benzene rings is 1. The van der Waals surface area contributed by atoms with Crippen molar-refractivity contribution in [3.8, 4) is 0 Å². The molecule has 0 spiro atoms. The molecule has 1 aliphatic rings. The second-order valence-corrected chi connectivity index (χ2v) is 2.67. The van der Waals surface area contributed by atoms with Gasteiger partial charge < -0.3 is 4.74 Å². The van der Waals surface area contributed by atoms with E-state index in [0.717, 1.165) is 6.54 Å². The molecule has 0 aromatic heterocycles. The largest absolute Gasteiger partial charge is 0.460 e. The quantitative estimate of drug-likeness (QED) is 0.657. The fraction of sp³-hybridized carbons (Fsp3) is 0.222. The Hall–Kier alpha value is -1.51. The number of rotatable bonds is 2. The Balaban J connectivity index is 1.99. The first-order valence-corrected chi connectivity index (χ1v) is 3.88. The van der Waals surface area contributed by atoms with E-state index in [-0.39, 0.29) is 0 Å². The van der Waals surface area contributed by atoms with Crippen LogP contribution in [-0.2, 0) is 11.3 Å². The van der Waals surface area contributed by atoms with Gasteiger partial charge in [0.25, 0.3) is 0 Å². The minimum Gasteiger partial charge on any atom is -0.460 e. The van der Waals surface area contributed by atoms with Crippen LogP contribution in [0.5, 0.6) is 0 Å². The molecule has 1 aromatic carbocycles. The lowest BCUT2D eigenvalue weighted by molar-refractivity contribution is 0.165. The van der Waals surface area contributed by atoms with Crippen molar-refractivity contribution in [2.45, 2.75) is 6.54 Å². The number of hydrazone groups is 1. The number of hydrogen-bond acceptors (Lipinski definition) is 3. The van der Waals surface area contributed by atoms with Crippen LogP contribution >= 0.6 is 0 Å². The first-order chi connectivity index (χ1) is 5.95. The molecule has 0 saturated heterocycles. The molecule has 1 aliphatic heterocycles. The summed E-state index contributed by atoms with van der Waals surface area (Å²) in [4.78, 5) is 0. The molecule has 0 bridgehead atoms. The lowest BCUT2D eigenvalue weighted by atomic mass is 10.2. The van der Waals surface area contributed by atoms with Gasteiger partial charge in [-0.05, 0) is 5.56 Å². The third-order valence-corrected chi connectivity index (χ3v) is 1.72. The van der Waals surface area contributed by atoms with Crippen LogP contribution in [-0.4, -0.2) is 18.1 Å². The van der Waals surface area contributed by atoms with Crippen molar-refractivity contribution < 1.29 is 4.74 Å². The van der Waals surface area contributed by atoms with E-state index in [9.17, 15) is 0 Å². The standard InChI is InChI=1S/C9H10N2O/c1-2-4-9(5-3-1)6-11-8-12-7-10-11/h1-5,7H,6,8H2. The van der Waals surface area contributed by atoms with Crippen molar-refractivity contribution in [3.63, 3.8) is 0 Å². The Morgan fingerprint density at radius 2 is 2.17 bits per heavy atom. The summed E-state index contributed by atoms with van der Waals surface area (Å²) in [5, 5.41) is 5.89. The summed E-state index contributed by atoms with van der Waals surface area (Å²) in [5.74, 6) is 0. The van der Waals surface area contributed by atoms with Crippen LogP contribution in [0.15, 0.2) is 35.4 Å². The Morgan fingerprint density at radius 1 is 1.33 bits per heavy atom. The lowest BCUT2D eigenvalue weighted by Gasteiger charge is -2.10. The Bertz CT molecular complexity index is 271. The average molecular weight is 162 g/mol. The molecule has 3 heteroatoms. The summed E-state index contributed by atoms with van der Waals surface area (Å²) >= 11 is 0. The maximum atomic E-state index is 4.96. The lowest BCUT2D eigenvalue weighted by Crippen LogP contribution is -2.13. The highest BCUT2D eigenvalue weighted by atomic mass is 16.5. The van der Waals surface area contributed by atoms with Crippen molar-refractivity contribution >= 4 is 6.40 Å². The predicted octanol–water partition coefficient (Wildman–Crippen LogP) is 1.42. The van der Waals surface area contributed by atoms with E-state index in [1.165, 1.54) is 12.0 Å². The molecular formula is C9H10N2O. The number of nitrogens with zero attached hydrogens (tertiary/aromatic N) is 2. The SMILES string of the molecule is C1=NN(Cc2ccccc2)CO1. The molecular weight excluding hydrogens is 152 g/mol. The highest BCUT2D eigenvalue weighted by Gasteiger charge is 2.05. The second-order valence-electron chi connectivity index (χ2n) is 2.67. The fourth-order valence-corrected chi connectivity index (χ4v) is 1.13. The Labute approximate surface area is 71.3 Å². The van der Waals surface area contributed by atoms with E-state index >= 15 is 0 Å². The number of ether oxygens (including phenoxy) is 1. The van der Waals surface area contributed by atoms with Gasteiger partial charge in [-0.25, -0.2) is 0 Å². The monoisotopic (exact) mass is 162 g/mol. The summed E-state index contributed by atoms with van der Waals surface area (Å²) in [6, 6.07) is 10.2. The highest BCUT2D eigenvalue weighted by molar-refractivity contribution is 5.47. The van der Waals surface area contributed by atoms with Gasteiger partial charge in [0.05, 0.1) is 6.54 Å². The van der Waals surface area contributed by atoms with Crippen LogP contribution in [0.25, 0.3) is 0 Å². The molecule has 0 radical (unpaired) electrons. The predicted molar refractivity (Wildman–Crippen MR) is 46.4 cm³/mol. The van der Waals surface area contributed by atoms with Crippen LogP contribution in [0.2, 0.25) is 0 Å². The van der Waals surface area contributed by atoms with Crippen LogP contribution < -0.4 is 0 Å². The third kappa shape index (κ3) is 1.56. The van der Waals surface area contributed by atoms with E-state index in [1.54, 1.807) is 0 Å². The van der Waals surface area contributed by atoms with Crippen molar-refractivity contribution in [1.29, 1.82) is 0 Å². The topological polar surface area (TPSA) is 24.8 Å². The van der Waals surface area contributed by atoms with Gasteiger partial charge >= 0.3 is 0 Å². The van der Waals surface area contributed by atoms with Crippen molar-refractivity contribution in [2.24, 2.45) is 5.10 Å². The first-order valence-electron chi connectivity index (χ1n) is 3.88. The van der Waals surface area contributed by atoms with Crippen LogP contribution in [0, 0.1) is 0 Å². The zero-order valence-electron chi connectivity index (χ0n) is 6.68. The van der Waals surface area contributed by atoms with Crippen LogP contribution in [0.4, 0.5) is 0 Å². The third-order valence-electron chi connectivity index (χ3n) is 1.72. The van der Waals surface area contributed by atoms with E-state index < -0.39 is 0 Å². The van der Waals surface area contributed by atoms with Crippen LogP contribution in [0.1, 0.15) is 5.56 Å². The van der Waals surface area contributed by atoms with Crippen molar-refractivity contribution in [3.05, 3.63) is 35.9 Å². The molecule has 0 N–H and O–H groups in total. The van der Waals surface area contributed by atoms with Gasteiger partial charge in [0.1, 0.15) is 0 Å². The molecule has 12 heavy (non-hydrogen) atoms. The molecule has 0 aliphatic carbocycles. The molecule has 3 nitrogen and oxygen atoms in total. The normalized spacial score (nSPS) is 14.8. The summed E-state index contributed by atoms with van der Waals surface area (Å²) in [5.41, 5.74) is 1.25. The summed E-state index contributed by atoms with van der Waals surface area (Å²) in [7, 11) is 0. The molecule has 0 atom stereocenters. The molecule has 0 amide bonds. The highest BCUT2D eigenvalue weighted by Crippen LogP contribution is 2.06. The van der Waals surface area contributed by atoms with Crippen molar-refractivity contribution in [2.75, 3.05) is 6.73 Å². The Kier molecular flexibility index (Phi) is 1.94. The first kappa shape index (κ1) is 7.16. The zero-order valence-corrected chi connectivity index (χ0v) is 6.68. The molecule has 1 aromatic rings. The van der Waals surface area contributed by atoms with Gasteiger partial charge in [-0.2, -0.15) is 0 Å². The summed E-state index contributed by atoms with van der Waals surface area (Å²) in [6.45, 7) is 1.38. The molecule has 1 heterocycles. The Morgan fingerprint density at radius 3 is 2.83 bits per heavy atom. The second kappa shape index (κ2) is 3.26. The maximum absolute atomic E-state index is 4.96. The van der Waals surface area contributed by atoms with Gasteiger partial charge in [0, 0.05) is 0 Å². The molecule has 62 valence electrons. The molecule has 0 saturated carbocycles. The van der Waals surface area contributed by atoms with Gasteiger partial charge in [-0.15, -0.1) is 5.10 Å². The minimum absolute atomic E-state index is 0.564. The summed E-state index contributed by atoms with van der Waals surface area (Å²) < 4.78 is 4.96. The van der Waals surface area contributed by atoms with E-state index in [2.05, 4.69) is 17.2 Å². The zero-order chi connectivity index (χ0) is 8.23. The van der Waals surface area contributed by atoms with E-state index in [1.807, 2.05) is 23.2 Å². The van der Waals surface area contributed by atoms with Gasteiger partial charge in [0.2, 0.25) is 0 Å². The van der Waals surface area contributed by atoms with E-state index in [0.29, 0.717) is 6.73 Å². The molecule has 0 unspecified atom stereocenters. The summed E-state index contributed by atoms with van der Waals surface area (Å²) in [6.07, 6.45) is 1.48. The number of hydrogen-bond donors (Lipinski definition) is 0. The van der Waals surface area contributed by atoms with Gasteiger partial charge in [-0.1, -0.05) is 30.3 Å². The smallest absolute Gasteiger partial charge is 0.195 e. The van der Waals surface area contributed by atoms with Crippen LogP contribution in [0.3, 0.4) is 0 Å².